The van der Waals surface area contributed by atoms with E-state index in [0.717, 1.165) is 36.5 Å². The number of nitrogens with one attached hydrogen (secondary N) is 1. The highest BCUT2D eigenvalue weighted by atomic mass is 16.7. The van der Waals surface area contributed by atoms with Crippen LogP contribution in [0.2, 0.25) is 0 Å². The molecule has 0 radical (unpaired) electrons. The van der Waals surface area contributed by atoms with E-state index >= 15 is 0 Å². The van der Waals surface area contributed by atoms with Gasteiger partial charge in [-0.1, -0.05) is 19.9 Å². The number of allylic oxidation sites excluding steroid dienone is 1. The molecule has 1 N–H and O–H groups in total. The molecule has 0 aromatic heterocycles. The first-order valence-corrected chi connectivity index (χ1v) is 8.59. The van der Waals surface area contributed by atoms with Gasteiger partial charge in [0.1, 0.15) is 23.7 Å². The first-order chi connectivity index (χ1) is 11.1. The molecule has 0 bridgehead atoms. The molecule has 1 fully saturated rings. The van der Waals surface area contributed by atoms with E-state index in [0.29, 0.717) is 0 Å². The molecule has 128 valence electrons. The van der Waals surface area contributed by atoms with Crippen molar-refractivity contribution in [2.24, 2.45) is 0 Å². The maximum absolute atomic E-state index is 6.14. The topological polar surface area (TPSA) is 39.7 Å². The standard InChI is InChI=1S/C19H29NO3/c1-5-15(4)21-16-10-12-17(13-11-16)22-18-8-6-7-9-19(18)23-20-14(2)3/h10-13,15,18-20H,2,5-9H2,1,3-4H3. The summed E-state index contributed by atoms with van der Waals surface area (Å²) in [5.74, 6) is 1.74. The normalized spacial score (nSPS) is 22.2. The van der Waals surface area contributed by atoms with Gasteiger partial charge >= 0.3 is 0 Å². The van der Waals surface area contributed by atoms with Crippen LogP contribution in [0.3, 0.4) is 0 Å². The Labute approximate surface area is 139 Å². The molecule has 0 aliphatic heterocycles. The van der Waals surface area contributed by atoms with E-state index in [1.54, 1.807) is 0 Å². The fourth-order valence-corrected chi connectivity index (χ4v) is 2.60. The van der Waals surface area contributed by atoms with Crippen LogP contribution >= 0.6 is 0 Å². The van der Waals surface area contributed by atoms with Crippen molar-refractivity contribution < 1.29 is 14.3 Å². The second-order valence-electron chi connectivity index (χ2n) is 6.29. The summed E-state index contributed by atoms with van der Waals surface area (Å²) in [7, 11) is 0. The van der Waals surface area contributed by atoms with Crippen LogP contribution in [-0.4, -0.2) is 18.3 Å². The first-order valence-electron chi connectivity index (χ1n) is 8.59. The van der Waals surface area contributed by atoms with E-state index in [-0.39, 0.29) is 18.3 Å². The fraction of sp³-hybridized carbons (Fsp3) is 0.579. The molecule has 23 heavy (non-hydrogen) atoms. The molecule has 0 spiro atoms. The van der Waals surface area contributed by atoms with Gasteiger partial charge in [-0.2, -0.15) is 0 Å². The second-order valence-corrected chi connectivity index (χ2v) is 6.29. The van der Waals surface area contributed by atoms with Crippen LogP contribution in [-0.2, 0) is 4.84 Å². The van der Waals surface area contributed by atoms with E-state index in [2.05, 4.69) is 25.9 Å². The van der Waals surface area contributed by atoms with Crippen molar-refractivity contribution in [2.45, 2.75) is 71.2 Å². The van der Waals surface area contributed by atoms with E-state index in [1.165, 1.54) is 12.8 Å². The van der Waals surface area contributed by atoms with Gasteiger partial charge in [-0.15, -0.1) is 0 Å². The lowest BCUT2D eigenvalue weighted by Gasteiger charge is -2.31. The van der Waals surface area contributed by atoms with Crippen LogP contribution in [0.4, 0.5) is 0 Å². The molecule has 0 amide bonds. The van der Waals surface area contributed by atoms with Gasteiger partial charge in [0.05, 0.1) is 6.10 Å². The molecular weight excluding hydrogens is 290 g/mol. The molecule has 0 heterocycles. The molecule has 1 aromatic carbocycles. The number of hydrogen-bond acceptors (Lipinski definition) is 4. The van der Waals surface area contributed by atoms with E-state index in [4.69, 9.17) is 14.3 Å². The molecule has 4 nitrogen and oxygen atoms in total. The minimum Gasteiger partial charge on any atom is -0.491 e. The summed E-state index contributed by atoms with van der Waals surface area (Å²) in [5, 5.41) is 0. The number of benzene rings is 1. The van der Waals surface area contributed by atoms with Crippen molar-refractivity contribution in [1.82, 2.24) is 5.48 Å². The van der Waals surface area contributed by atoms with Crippen LogP contribution in [0.1, 0.15) is 52.9 Å². The van der Waals surface area contributed by atoms with Crippen LogP contribution in [0, 0.1) is 0 Å². The zero-order chi connectivity index (χ0) is 16.7. The smallest absolute Gasteiger partial charge is 0.127 e. The summed E-state index contributed by atoms with van der Waals surface area (Å²) in [6, 6.07) is 7.86. The fourth-order valence-electron chi connectivity index (χ4n) is 2.60. The lowest BCUT2D eigenvalue weighted by Crippen LogP contribution is -2.39. The summed E-state index contributed by atoms with van der Waals surface area (Å²) in [6.45, 7) is 9.87. The predicted octanol–water partition coefficient (Wildman–Crippen LogP) is 4.61. The van der Waals surface area contributed by atoms with Gasteiger partial charge in [-0.25, -0.2) is 0 Å². The van der Waals surface area contributed by atoms with Crippen molar-refractivity contribution in [3.63, 3.8) is 0 Å². The number of rotatable bonds is 8. The summed E-state index contributed by atoms with van der Waals surface area (Å²) >= 11 is 0. The molecule has 2 rings (SSSR count). The Kier molecular flexibility index (Phi) is 6.78. The van der Waals surface area contributed by atoms with Crippen LogP contribution < -0.4 is 15.0 Å². The average molecular weight is 319 g/mol. The number of ether oxygens (including phenoxy) is 2. The molecule has 0 saturated heterocycles. The maximum atomic E-state index is 6.14. The van der Waals surface area contributed by atoms with Gasteiger partial charge in [0.2, 0.25) is 0 Å². The van der Waals surface area contributed by atoms with Gasteiger partial charge < -0.3 is 9.47 Å². The maximum Gasteiger partial charge on any atom is 0.127 e. The third kappa shape index (κ3) is 5.79. The SMILES string of the molecule is C=C(C)NOC1CCCCC1Oc1ccc(OC(C)CC)cc1. The largest absolute Gasteiger partial charge is 0.491 e. The molecule has 1 aromatic rings. The zero-order valence-electron chi connectivity index (χ0n) is 14.5. The average Bonchev–Trinajstić information content (AvgIpc) is 2.55. The first kappa shape index (κ1) is 17.7. The van der Waals surface area contributed by atoms with Crippen LogP contribution in [0.15, 0.2) is 36.5 Å². The Bertz CT molecular complexity index is 486. The Balaban J connectivity index is 1.91. The highest BCUT2D eigenvalue weighted by Gasteiger charge is 2.28. The summed E-state index contributed by atoms with van der Waals surface area (Å²) in [4.78, 5) is 5.72. The van der Waals surface area contributed by atoms with Gasteiger partial charge in [-0.3, -0.25) is 10.3 Å². The molecule has 4 heteroatoms. The zero-order valence-corrected chi connectivity index (χ0v) is 14.5. The Morgan fingerprint density at radius 2 is 1.78 bits per heavy atom. The predicted molar refractivity (Wildman–Crippen MR) is 92.5 cm³/mol. The minimum atomic E-state index is 0.0523. The summed E-state index contributed by atoms with van der Waals surface area (Å²) < 4.78 is 11.9. The van der Waals surface area contributed by atoms with Crippen molar-refractivity contribution in [3.8, 4) is 11.5 Å². The van der Waals surface area contributed by atoms with Crippen molar-refractivity contribution in [1.29, 1.82) is 0 Å². The van der Waals surface area contributed by atoms with Gasteiger partial charge in [0.15, 0.2) is 0 Å². The molecule has 3 unspecified atom stereocenters. The highest BCUT2D eigenvalue weighted by molar-refractivity contribution is 5.31. The Hall–Kier alpha value is -1.68. The lowest BCUT2D eigenvalue weighted by atomic mass is 9.94. The molecule has 1 aliphatic rings. The number of hydroxylamine groups is 1. The van der Waals surface area contributed by atoms with Gasteiger partial charge in [0, 0.05) is 5.70 Å². The second kappa shape index (κ2) is 8.82. The summed E-state index contributed by atoms with van der Waals surface area (Å²) in [6.07, 6.45) is 5.69. The van der Waals surface area contributed by atoms with Gasteiger partial charge in [-0.05, 0) is 63.8 Å². The minimum absolute atomic E-state index is 0.0523. The van der Waals surface area contributed by atoms with Crippen LogP contribution in [0.25, 0.3) is 0 Å². The lowest BCUT2D eigenvalue weighted by molar-refractivity contribution is -0.0843. The molecule has 1 saturated carbocycles. The van der Waals surface area contributed by atoms with E-state index in [1.807, 2.05) is 31.2 Å². The molecule has 3 atom stereocenters. The monoisotopic (exact) mass is 319 g/mol. The van der Waals surface area contributed by atoms with Crippen molar-refractivity contribution in [2.75, 3.05) is 0 Å². The quantitative estimate of drug-likeness (QED) is 0.710. The molecule has 1 aliphatic carbocycles. The van der Waals surface area contributed by atoms with E-state index < -0.39 is 0 Å². The van der Waals surface area contributed by atoms with E-state index in [9.17, 15) is 0 Å². The van der Waals surface area contributed by atoms with Crippen LogP contribution in [0.5, 0.6) is 11.5 Å². The molecular formula is C19H29NO3. The Morgan fingerprint density at radius 3 is 2.39 bits per heavy atom. The highest BCUT2D eigenvalue weighted by Crippen LogP contribution is 2.27. The number of hydrogen-bond donors (Lipinski definition) is 1. The van der Waals surface area contributed by atoms with Crippen molar-refractivity contribution in [3.05, 3.63) is 36.5 Å². The summed E-state index contributed by atoms with van der Waals surface area (Å²) in [5.41, 5.74) is 3.68. The Morgan fingerprint density at radius 1 is 1.17 bits per heavy atom. The third-order valence-corrected chi connectivity index (χ3v) is 4.05. The van der Waals surface area contributed by atoms with Crippen molar-refractivity contribution >= 4 is 0 Å². The van der Waals surface area contributed by atoms with Gasteiger partial charge in [0.25, 0.3) is 0 Å². The third-order valence-electron chi connectivity index (χ3n) is 4.05.